The molecule has 0 heterocycles. The molecule has 0 amide bonds. The van der Waals surface area contributed by atoms with Crippen LogP contribution in [0.1, 0.15) is 10.4 Å². The van der Waals surface area contributed by atoms with Crippen LogP contribution in [0.4, 0.5) is 0 Å². The number of carboxylic acids is 1. The Labute approximate surface area is 101 Å². The summed E-state index contributed by atoms with van der Waals surface area (Å²) in [5.41, 5.74) is 0.246. The van der Waals surface area contributed by atoms with E-state index in [9.17, 15) is 4.79 Å². The molecule has 0 aliphatic rings. The molecule has 0 fully saturated rings. The van der Waals surface area contributed by atoms with E-state index in [1.807, 2.05) is 18.2 Å². The summed E-state index contributed by atoms with van der Waals surface area (Å²) < 4.78 is 5.91. The number of fused-ring (bicyclic) bond motifs is 1. The second-order valence-corrected chi connectivity index (χ2v) is 4.08. The maximum Gasteiger partial charge on any atom is 0.336 e. The molecule has 16 heavy (non-hydrogen) atoms. The molecular formula is C12H9BrO3. The largest absolute Gasteiger partial charge is 0.496 e. The number of aromatic carboxylic acids is 1. The van der Waals surface area contributed by atoms with E-state index < -0.39 is 5.97 Å². The summed E-state index contributed by atoms with van der Waals surface area (Å²) >= 11 is 3.41. The van der Waals surface area contributed by atoms with Crippen molar-refractivity contribution in [2.45, 2.75) is 0 Å². The van der Waals surface area contributed by atoms with Gasteiger partial charge in [0.25, 0.3) is 0 Å². The predicted molar refractivity (Wildman–Crippen MR) is 65.2 cm³/mol. The van der Waals surface area contributed by atoms with Gasteiger partial charge in [0.05, 0.1) is 17.1 Å². The van der Waals surface area contributed by atoms with Gasteiger partial charge < -0.3 is 9.84 Å². The van der Waals surface area contributed by atoms with Crippen molar-refractivity contribution in [1.29, 1.82) is 0 Å². The summed E-state index contributed by atoms with van der Waals surface area (Å²) in [6, 6.07) is 8.83. The first-order chi connectivity index (χ1) is 7.65. The molecule has 3 nitrogen and oxygen atoms in total. The molecule has 2 aromatic carbocycles. The third kappa shape index (κ3) is 1.65. The Morgan fingerprint density at radius 3 is 2.50 bits per heavy atom. The Morgan fingerprint density at radius 2 is 1.94 bits per heavy atom. The van der Waals surface area contributed by atoms with Gasteiger partial charge in [-0.3, -0.25) is 0 Å². The minimum Gasteiger partial charge on any atom is -0.496 e. The van der Waals surface area contributed by atoms with E-state index in [-0.39, 0.29) is 5.56 Å². The summed E-state index contributed by atoms with van der Waals surface area (Å²) in [7, 11) is 1.51. The van der Waals surface area contributed by atoms with Crippen molar-refractivity contribution in [2.24, 2.45) is 0 Å². The fourth-order valence-corrected chi connectivity index (χ4v) is 2.26. The monoisotopic (exact) mass is 280 g/mol. The van der Waals surface area contributed by atoms with E-state index in [2.05, 4.69) is 15.9 Å². The number of halogens is 1. The number of benzene rings is 2. The summed E-state index contributed by atoms with van der Waals surface area (Å²) in [4.78, 5) is 11.1. The van der Waals surface area contributed by atoms with Crippen LogP contribution in [-0.4, -0.2) is 18.2 Å². The highest BCUT2D eigenvalue weighted by molar-refractivity contribution is 9.10. The number of carboxylic acid groups (broad SMARTS) is 1. The van der Waals surface area contributed by atoms with Crippen LogP contribution < -0.4 is 4.74 Å². The van der Waals surface area contributed by atoms with Gasteiger partial charge in [0.2, 0.25) is 0 Å². The first kappa shape index (κ1) is 11.0. The molecule has 4 heteroatoms. The highest BCUT2D eigenvalue weighted by Crippen LogP contribution is 2.35. The standard InChI is InChI=1S/C12H9BrO3/c1-16-10-6-9(12(14)15)7-4-2-3-5-8(7)11(10)13/h2-6H,1H3,(H,14,15). The van der Waals surface area contributed by atoms with Gasteiger partial charge in [0.1, 0.15) is 5.75 Å². The van der Waals surface area contributed by atoms with Gasteiger partial charge in [-0.25, -0.2) is 4.79 Å². The highest BCUT2D eigenvalue weighted by atomic mass is 79.9. The van der Waals surface area contributed by atoms with Crippen molar-refractivity contribution < 1.29 is 14.6 Å². The molecular weight excluding hydrogens is 272 g/mol. The maximum absolute atomic E-state index is 11.1. The molecule has 0 spiro atoms. The summed E-state index contributed by atoms with van der Waals surface area (Å²) in [6.45, 7) is 0. The minimum absolute atomic E-state index is 0.246. The van der Waals surface area contributed by atoms with Crippen molar-refractivity contribution >= 4 is 32.7 Å². The predicted octanol–water partition coefficient (Wildman–Crippen LogP) is 3.31. The third-order valence-electron chi connectivity index (χ3n) is 2.40. The Balaban J connectivity index is 2.90. The van der Waals surface area contributed by atoms with Gasteiger partial charge in [-0.2, -0.15) is 0 Å². The Kier molecular flexibility index (Phi) is 2.83. The molecule has 2 rings (SSSR count). The third-order valence-corrected chi connectivity index (χ3v) is 3.21. The van der Waals surface area contributed by atoms with E-state index in [1.54, 1.807) is 6.07 Å². The molecule has 0 aliphatic heterocycles. The van der Waals surface area contributed by atoms with Crippen LogP contribution in [0.2, 0.25) is 0 Å². The molecule has 0 saturated carbocycles. The van der Waals surface area contributed by atoms with Crippen LogP contribution in [0.25, 0.3) is 10.8 Å². The molecule has 0 aliphatic carbocycles. The van der Waals surface area contributed by atoms with Crippen molar-refractivity contribution in [3.8, 4) is 5.75 Å². The van der Waals surface area contributed by atoms with Gasteiger partial charge >= 0.3 is 5.97 Å². The molecule has 0 atom stereocenters. The van der Waals surface area contributed by atoms with Gasteiger partial charge in [-0.1, -0.05) is 24.3 Å². The summed E-state index contributed by atoms with van der Waals surface area (Å²) in [5, 5.41) is 10.7. The SMILES string of the molecule is COc1cc(C(=O)O)c2ccccc2c1Br. The topological polar surface area (TPSA) is 46.5 Å². The van der Waals surface area contributed by atoms with Crippen LogP contribution in [0.15, 0.2) is 34.8 Å². The Morgan fingerprint density at radius 1 is 1.31 bits per heavy atom. The highest BCUT2D eigenvalue weighted by Gasteiger charge is 2.14. The van der Waals surface area contributed by atoms with Crippen molar-refractivity contribution in [3.05, 3.63) is 40.4 Å². The number of hydrogen-bond acceptors (Lipinski definition) is 2. The fourth-order valence-electron chi connectivity index (χ4n) is 1.64. The van der Waals surface area contributed by atoms with Gasteiger partial charge in [-0.05, 0) is 27.4 Å². The van der Waals surface area contributed by atoms with Crippen molar-refractivity contribution in [3.63, 3.8) is 0 Å². The molecule has 0 saturated heterocycles. The number of rotatable bonds is 2. The van der Waals surface area contributed by atoms with Crippen LogP contribution in [-0.2, 0) is 0 Å². The first-order valence-electron chi connectivity index (χ1n) is 4.63. The smallest absolute Gasteiger partial charge is 0.336 e. The molecule has 0 unspecified atom stereocenters. The molecule has 0 aromatic heterocycles. The average Bonchev–Trinajstić information content (AvgIpc) is 2.29. The summed E-state index contributed by atoms with van der Waals surface area (Å²) in [5.74, 6) is -0.432. The van der Waals surface area contributed by atoms with Gasteiger partial charge in [0.15, 0.2) is 0 Å². The van der Waals surface area contributed by atoms with Crippen molar-refractivity contribution in [2.75, 3.05) is 7.11 Å². The summed E-state index contributed by atoms with van der Waals surface area (Å²) in [6.07, 6.45) is 0. The van der Waals surface area contributed by atoms with Gasteiger partial charge in [-0.15, -0.1) is 0 Å². The molecule has 1 N–H and O–H groups in total. The zero-order valence-electron chi connectivity index (χ0n) is 8.53. The second-order valence-electron chi connectivity index (χ2n) is 3.29. The zero-order valence-corrected chi connectivity index (χ0v) is 10.1. The zero-order chi connectivity index (χ0) is 11.7. The number of hydrogen-bond donors (Lipinski definition) is 1. The molecule has 0 bridgehead atoms. The lowest BCUT2D eigenvalue weighted by molar-refractivity contribution is 0.0698. The number of carbonyl (C=O) groups is 1. The van der Waals surface area contributed by atoms with Crippen LogP contribution >= 0.6 is 15.9 Å². The minimum atomic E-state index is -0.956. The fraction of sp³-hybridized carbons (Fsp3) is 0.0833. The molecule has 0 radical (unpaired) electrons. The molecule has 2 aromatic rings. The van der Waals surface area contributed by atoms with E-state index in [0.717, 1.165) is 9.86 Å². The lowest BCUT2D eigenvalue weighted by atomic mass is 10.0. The van der Waals surface area contributed by atoms with E-state index in [0.29, 0.717) is 11.1 Å². The normalized spacial score (nSPS) is 10.4. The lowest BCUT2D eigenvalue weighted by Gasteiger charge is -2.09. The van der Waals surface area contributed by atoms with Crippen LogP contribution in [0.5, 0.6) is 5.75 Å². The maximum atomic E-state index is 11.1. The van der Waals surface area contributed by atoms with Crippen LogP contribution in [0, 0.1) is 0 Å². The van der Waals surface area contributed by atoms with Crippen LogP contribution in [0.3, 0.4) is 0 Å². The van der Waals surface area contributed by atoms with Crippen molar-refractivity contribution in [1.82, 2.24) is 0 Å². The Hall–Kier alpha value is -1.55. The first-order valence-corrected chi connectivity index (χ1v) is 5.43. The number of ether oxygens (including phenoxy) is 1. The molecule has 82 valence electrons. The quantitative estimate of drug-likeness (QED) is 0.918. The number of methoxy groups -OCH3 is 1. The van der Waals surface area contributed by atoms with Gasteiger partial charge in [0, 0.05) is 5.39 Å². The van der Waals surface area contributed by atoms with E-state index in [4.69, 9.17) is 9.84 Å². The van der Waals surface area contributed by atoms with E-state index in [1.165, 1.54) is 13.2 Å². The second kappa shape index (κ2) is 4.14. The Bertz CT molecular complexity index is 563. The van der Waals surface area contributed by atoms with E-state index >= 15 is 0 Å². The average molecular weight is 281 g/mol. The lowest BCUT2D eigenvalue weighted by Crippen LogP contribution is -1.99.